The van der Waals surface area contributed by atoms with Gasteiger partial charge in [0.15, 0.2) is 0 Å². The Labute approximate surface area is 144 Å². The van der Waals surface area contributed by atoms with E-state index in [9.17, 15) is 9.59 Å². The van der Waals surface area contributed by atoms with Gasteiger partial charge < -0.3 is 9.80 Å². The van der Waals surface area contributed by atoms with Crippen molar-refractivity contribution in [3.63, 3.8) is 0 Å². The third-order valence-electron chi connectivity index (χ3n) is 5.26. The lowest BCUT2D eigenvalue weighted by Gasteiger charge is -2.24. The number of amides is 2. The van der Waals surface area contributed by atoms with Crippen LogP contribution in [0.4, 0.5) is 5.69 Å². The van der Waals surface area contributed by atoms with Crippen LogP contribution in [-0.4, -0.2) is 36.3 Å². The maximum Gasteiger partial charge on any atom is 0.228 e. The molecular weight excluding hydrogens is 300 g/mol. The summed E-state index contributed by atoms with van der Waals surface area (Å²) >= 11 is 0. The van der Waals surface area contributed by atoms with E-state index in [0.29, 0.717) is 18.9 Å². The third-order valence-corrected chi connectivity index (χ3v) is 5.26. The Hall–Kier alpha value is -1.84. The minimum atomic E-state index is -0.180. The van der Waals surface area contributed by atoms with Crippen LogP contribution in [0, 0.1) is 5.92 Å². The van der Waals surface area contributed by atoms with Crippen LogP contribution in [0.25, 0.3) is 0 Å². The van der Waals surface area contributed by atoms with E-state index >= 15 is 0 Å². The van der Waals surface area contributed by atoms with Crippen molar-refractivity contribution in [2.24, 2.45) is 5.92 Å². The van der Waals surface area contributed by atoms with Crippen molar-refractivity contribution in [1.29, 1.82) is 0 Å². The predicted molar refractivity (Wildman–Crippen MR) is 96.0 cm³/mol. The van der Waals surface area contributed by atoms with E-state index in [2.05, 4.69) is 26.0 Å². The number of anilines is 1. The first-order valence-corrected chi connectivity index (χ1v) is 9.25. The topological polar surface area (TPSA) is 40.6 Å². The SMILES string of the molecule is CC(C)c1ccc(N2CC(C(=O)N3CCCCCC3)CC2=O)cc1. The molecule has 0 radical (unpaired) electrons. The number of benzene rings is 1. The molecule has 3 rings (SSSR count). The monoisotopic (exact) mass is 328 g/mol. The molecule has 2 aliphatic heterocycles. The van der Waals surface area contributed by atoms with E-state index in [-0.39, 0.29) is 17.7 Å². The van der Waals surface area contributed by atoms with Crippen LogP contribution in [0.3, 0.4) is 0 Å². The Bertz CT molecular complexity index is 586. The minimum absolute atomic E-state index is 0.0699. The molecule has 2 fully saturated rings. The molecule has 1 aromatic carbocycles. The largest absolute Gasteiger partial charge is 0.342 e. The molecule has 130 valence electrons. The van der Waals surface area contributed by atoms with Crippen LogP contribution < -0.4 is 4.90 Å². The fourth-order valence-corrected chi connectivity index (χ4v) is 3.71. The van der Waals surface area contributed by atoms with Crippen molar-refractivity contribution >= 4 is 17.5 Å². The zero-order valence-corrected chi connectivity index (χ0v) is 14.8. The normalized spacial score (nSPS) is 22.1. The van der Waals surface area contributed by atoms with E-state index in [1.54, 1.807) is 4.90 Å². The lowest BCUT2D eigenvalue weighted by atomic mass is 10.0. The number of nitrogens with zero attached hydrogens (tertiary/aromatic N) is 2. The fraction of sp³-hybridized carbons (Fsp3) is 0.600. The molecule has 0 aromatic heterocycles. The quantitative estimate of drug-likeness (QED) is 0.851. The number of carbonyl (C=O) groups is 2. The zero-order valence-electron chi connectivity index (χ0n) is 14.8. The molecule has 4 heteroatoms. The van der Waals surface area contributed by atoms with Gasteiger partial charge in [0.1, 0.15) is 0 Å². The molecule has 0 bridgehead atoms. The first-order valence-electron chi connectivity index (χ1n) is 9.25. The summed E-state index contributed by atoms with van der Waals surface area (Å²) in [7, 11) is 0. The van der Waals surface area contributed by atoms with Crippen molar-refractivity contribution in [1.82, 2.24) is 4.90 Å². The third kappa shape index (κ3) is 3.63. The van der Waals surface area contributed by atoms with E-state index in [4.69, 9.17) is 0 Å². The van der Waals surface area contributed by atoms with Crippen LogP contribution in [0.15, 0.2) is 24.3 Å². The second-order valence-corrected chi connectivity index (χ2v) is 7.39. The van der Waals surface area contributed by atoms with Gasteiger partial charge in [-0.05, 0) is 36.5 Å². The molecule has 2 heterocycles. The van der Waals surface area contributed by atoms with E-state index < -0.39 is 0 Å². The summed E-state index contributed by atoms with van der Waals surface area (Å²) in [5.41, 5.74) is 2.18. The number of rotatable bonds is 3. The second kappa shape index (κ2) is 7.37. The highest BCUT2D eigenvalue weighted by Crippen LogP contribution is 2.28. The fourth-order valence-electron chi connectivity index (χ4n) is 3.71. The molecule has 2 aliphatic rings. The summed E-state index contributed by atoms with van der Waals surface area (Å²) in [4.78, 5) is 28.9. The smallest absolute Gasteiger partial charge is 0.228 e. The maximum absolute atomic E-state index is 12.8. The predicted octanol–water partition coefficient (Wildman–Crippen LogP) is 3.57. The van der Waals surface area contributed by atoms with Crippen molar-refractivity contribution in [3.8, 4) is 0 Å². The van der Waals surface area contributed by atoms with Crippen LogP contribution in [-0.2, 0) is 9.59 Å². The Morgan fingerprint density at radius 3 is 2.25 bits per heavy atom. The molecule has 2 saturated heterocycles. The summed E-state index contributed by atoms with van der Waals surface area (Å²) in [6.45, 7) is 6.55. The molecule has 0 N–H and O–H groups in total. The van der Waals surface area contributed by atoms with Gasteiger partial charge >= 0.3 is 0 Å². The number of likely N-dealkylation sites (tertiary alicyclic amines) is 1. The van der Waals surface area contributed by atoms with Gasteiger partial charge in [0.05, 0.1) is 5.92 Å². The van der Waals surface area contributed by atoms with E-state index in [0.717, 1.165) is 31.6 Å². The molecule has 2 amide bonds. The van der Waals surface area contributed by atoms with Gasteiger partial charge in [0, 0.05) is 31.7 Å². The van der Waals surface area contributed by atoms with Crippen LogP contribution in [0.2, 0.25) is 0 Å². The van der Waals surface area contributed by atoms with Gasteiger partial charge in [-0.3, -0.25) is 9.59 Å². The van der Waals surface area contributed by atoms with Crippen molar-refractivity contribution in [2.45, 2.75) is 51.9 Å². The average Bonchev–Trinajstić information content (AvgIpc) is 2.79. The van der Waals surface area contributed by atoms with Crippen molar-refractivity contribution < 1.29 is 9.59 Å². The van der Waals surface area contributed by atoms with E-state index in [1.165, 1.54) is 18.4 Å². The second-order valence-electron chi connectivity index (χ2n) is 7.39. The zero-order chi connectivity index (χ0) is 17.1. The van der Waals surface area contributed by atoms with Gasteiger partial charge in [-0.1, -0.05) is 38.8 Å². The molecule has 24 heavy (non-hydrogen) atoms. The van der Waals surface area contributed by atoms with Crippen LogP contribution in [0.1, 0.15) is 57.4 Å². The first-order chi connectivity index (χ1) is 11.6. The summed E-state index contributed by atoms with van der Waals surface area (Å²) in [5, 5.41) is 0. The number of carbonyl (C=O) groups excluding carboxylic acids is 2. The maximum atomic E-state index is 12.8. The van der Waals surface area contributed by atoms with Gasteiger partial charge in [0.2, 0.25) is 11.8 Å². The standard InChI is InChI=1S/C20H28N2O2/c1-15(2)16-7-9-18(10-8-16)22-14-17(13-19(22)23)20(24)21-11-5-3-4-6-12-21/h7-10,15,17H,3-6,11-14H2,1-2H3. The average molecular weight is 328 g/mol. The molecule has 1 atom stereocenters. The number of hydrogen-bond donors (Lipinski definition) is 0. The van der Waals surface area contributed by atoms with Crippen LogP contribution in [0.5, 0.6) is 0 Å². The molecule has 0 saturated carbocycles. The Morgan fingerprint density at radius 1 is 1.04 bits per heavy atom. The molecule has 4 nitrogen and oxygen atoms in total. The summed E-state index contributed by atoms with van der Waals surface area (Å²) in [5.74, 6) is 0.540. The molecule has 1 aromatic rings. The molecular formula is C20H28N2O2. The minimum Gasteiger partial charge on any atom is -0.342 e. The summed E-state index contributed by atoms with van der Waals surface area (Å²) < 4.78 is 0. The summed E-state index contributed by atoms with van der Waals surface area (Å²) in [6.07, 6.45) is 4.95. The molecule has 0 aliphatic carbocycles. The first kappa shape index (κ1) is 17.0. The lowest BCUT2D eigenvalue weighted by molar-refractivity contribution is -0.135. The van der Waals surface area contributed by atoms with Gasteiger partial charge in [-0.15, -0.1) is 0 Å². The van der Waals surface area contributed by atoms with Crippen LogP contribution >= 0.6 is 0 Å². The van der Waals surface area contributed by atoms with Gasteiger partial charge in [-0.25, -0.2) is 0 Å². The van der Waals surface area contributed by atoms with Crippen molar-refractivity contribution in [3.05, 3.63) is 29.8 Å². The molecule has 1 unspecified atom stereocenters. The summed E-state index contributed by atoms with van der Waals surface area (Å²) in [6, 6.07) is 8.17. The van der Waals surface area contributed by atoms with Gasteiger partial charge in [0.25, 0.3) is 0 Å². The highest BCUT2D eigenvalue weighted by molar-refractivity contribution is 6.00. The lowest BCUT2D eigenvalue weighted by Crippen LogP contribution is -2.38. The number of hydrogen-bond acceptors (Lipinski definition) is 2. The Morgan fingerprint density at radius 2 is 1.67 bits per heavy atom. The van der Waals surface area contributed by atoms with Gasteiger partial charge in [-0.2, -0.15) is 0 Å². The highest BCUT2D eigenvalue weighted by atomic mass is 16.2. The van der Waals surface area contributed by atoms with Crippen molar-refractivity contribution in [2.75, 3.05) is 24.5 Å². The van der Waals surface area contributed by atoms with E-state index in [1.807, 2.05) is 17.0 Å². The Balaban J connectivity index is 1.67. The Kier molecular flexibility index (Phi) is 5.22. The highest BCUT2D eigenvalue weighted by Gasteiger charge is 2.37. The molecule has 0 spiro atoms.